The first-order chi connectivity index (χ1) is 18.9. The Morgan fingerprint density at radius 1 is 1.10 bits per heavy atom. The zero-order valence-electron chi connectivity index (χ0n) is 21.8. The monoisotopic (exact) mass is 569 g/mol. The van der Waals surface area contributed by atoms with Crippen molar-refractivity contribution in [3.63, 3.8) is 0 Å². The molecule has 2 saturated heterocycles. The number of amides is 1. The van der Waals surface area contributed by atoms with Crippen molar-refractivity contribution in [1.82, 2.24) is 18.8 Å². The van der Waals surface area contributed by atoms with Gasteiger partial charge in [-0.15, -0.1) is 0 Å². The fourth-order valence-electron chi connectivity index (χ4n) is 5.06. The van der Waals surface area contributed by atoms with Crippen molar-refractivity contribution in [3.8, 4) is 5.75 Å². The molecular formula is C27H31N5O5S2. The van der Waals surface area contributed by atoms with E-state index in [0.717, 1.165) is 56.6 Å². The molecule has 0 spiro atoms. The van der Waals surface area contributed by atoms with E-state index in [1.165, 1.54) is 15.6 Å². The van der Waals surface area contributed by atoms with Gasteiger partial charge in [0, 0.05) is 56.9 Å². The molecule has 0 aliphatic carbocycles. The van der Waals surface area contributed by atoms with E-state index in [1.807, 2.05) is 36.0 Å². The van der Waals surface area contributed by atoms with Gasteiger partial charge in [-0.2, -0.15) is 4.31 Å². The van der Waals surface area contributed by atoms with Gasteiger partial charge in [0.1, 0.15) is 12.4 Å². The number of thiazole rings is 1. The van der Waals surface area contributed by atoms with E-state index in [9.17, 15) is 13.2 Å². The van der Waals surface area contributed by atoms with Crippen molar-refractivity contribution < 1.29 is 22.7 Å². The van der Waals surface area contributed by atoms with Gasteiger partial charge >= 0.3 is 0 Å². The van der Waals surface area contributed by atoms with Crippen LogP contribution in [0.15, 0.2) is 47.5 Å². The zero-order valence-corrected chi connectivity index (χ0v) is 23.4. The quantitative estimate of drug-likeness (QED) is 0.346. The van der Waals surface area contributed by atoms with Crippen LogP contribution in [0.1, 0.15) is 23.2 Å². The molecule has 2 aliphatic heterocycles. The molecule has 2 fully saturated rings. The minimum atomic E-state index is -3.53. The topological polar surface area (TPSA) is 106 Å². The molecule has 4 aromatic rings. The number of fused-ring (bicyclic) bond motifs is 2. The normalized spacial score (nSPS) is 17.3. The summed E-state index contributed by atoms with van der Waals surface area (Å²) >= 11 is 1.25. The third-order valence-electron chi connectivity index (χ3n) is 7.28. The fraction of sp³-hybridized carbons (Fsp3) is 0.407. The van der Waals surface area contributed by atoms with Crippen LogP contribution in [0.3, 0.4) is 0 Å². The number of aryl methyl sites for hydroxylation is 1. The highest BCUT2D eigenvalue weighted by Gasteiger charge is 2.27. The summed E-state index contributed by atoms with van der Waals surface area (Å²) < 4.78 is 41.7. The first kappa shape index (κ1) is 26.2. The maximum atomic E-state index is 13.5. The molecule has 39 heavy (non-hydrogen) atoms. The first-order valence-electron chi connectivity index (χ1n) is 13.1. The molecule has 0 radical (unpaired) electrons. The van der Waals surface area contributed by atoms with Crippen LogP contribution in [0.2, 0.25) is 0 Å². The van der Waals surface area contributed by atoms with Gasteiger partial charge in [-0.1, -0.05) is 11.3 Å². The number of hydrogen-bond donors (Lipinski definition) is 1. The van der Waals surface area contributed by atoms with Crippen molar-refractivity contribution in [2.75, 3.05) is 57.9 Å². The first-order valence-corrected chi connectivity index (χ1v) is 15.4. The van der Waals surface area contributed by atoms with Gasteiger partial charge in [0.2, 0.25) is 10.0 Å². The van der Waals surface area contributed by atoms with Crippen LogP contribution in [-0.4, -0.2) is 85.6 Å². The number of nitrogens with zero attached hydrogens (tertiary/aromatic N) is 4. The second-order valence-corrected chi connectivity index (χ2v) is 12.8. The summed E-state index contributed by atoms with van der Waals surface area (Å²) in [7, 11) is -1.60. The number of ether oxygens (including phenoxy) is 2. The third kappa shape index (κ3) is 5.39. The summed E-state index contributed by atoms with van der Waals surface area (Å²) in [6, 6.07) is 10.7. The number of morpholine rings is 1. The summed E-state index contributed by atoms with van der Waals surface area (Å²) in [5, 5.41) is 4.30. The van der Waals surface area contributed by atoms with Crippen LogP contribution >= 0.6 is 11.3 Å². The fourth-order valence-corrected chi connectivity index (χ4v) is 7.58. The molecule has 2 aromatic heterocycles. The summed E-state index contributed by atoms with van der Waals surface area (Å²) in [6.45, 7) is 5.47. The molecule has 206 valence electrons. The highest BCUT2D eigenvalue weighted by molar-refractivity contribution is 7.89. The molecule has 1 N–H and O–H groups in total. The zero-order chi connectivity index (χ0) is 27.0. The number of nitrogens with one attached hydrogen (secondary N) is 1. The SMILES string of the molecule is Cn1ccc2cc(OCCN3CCOCC3)c(C(=O)Nc3nc4ccc(S(=O)(=O)N5CCCC5)cc4s3)cc21. The number of rotatable bonds is 8. The number of hydrogen-bond acceptors (Lipinski definition) is 8. The Hall–Kier alpha value is -3.03. The lowest BCUT2D eigenvalue weighted by molar-refractivity contribution is 0.0322. The second-order valence-electron chi connectivity index (χ2n) is 9.85. The average Bonchev–Trinajstić information content (AvgIpc) is 3.69. The lowest BCUT2D eigenvalue weighted by Gasteiger charge is -2.26. The largest absolute Gasteiger partial charge is 0.491 e. The summed E-state index contributed by atoms with van der Waals surface area (Å²) in [4.78, 5) is 20.6. The van der Waals surface area contributed by atoms with Crippen LogP contribution < -0.4 is 10.1 Å². The third-order valence-corrected chi connectivity index (χ3v) is 10.1. The molecule has 0 atom stereocenters. The Labute approximate surface area is 231 Å². The molecule has 2 aromatic carbocycles. The Bertz CT molecular complexity index is 1620. The Morgan fingerprint density at radius 2 is 1.90 bits per heavy atom. The Morgan fingerprint density at radius 3 is 2.69 bits per heavy atom. The molecule has 6 rings (SSSR count). The number of carbonyl (C=O) groups excluding carboxylic acids is 1. The van der Waals surface area contributed by atoms with Gasteiger partial charge in [-0.25, -0.2) is 13.4 Å². The minimum absolute atomic E-state index is 0.253. The van der Waals surface area contributed by atoms with Gasteiger partial charge in [0.05, 0.1) is 33.9 Å². The molecular weight excluding hydrogens is 538 g/mol. The van der Waals surface area contributed by atoms with Crippen LogP contribution in [0.25, 0.3) is 21.1 Å². The van der Waals surface area contributed by atoms with E-state index in [4.69, 9.17) is 9.47 Å². The lowest BCUT2D eigenvalue weighted by atomic mass is 10.1. The molecule has 0 bridgehead atoms. The highest BCUT2D eigenvalue weighted by atomic mass is 32.2. The van der Waals surface area contributed by atoms with Gasteiger partial charge in [0.25, 0.3) is 5.91 Å². The molecule has 4 heterocycles. The lowest BCUT2D eigenvalue weighted by Crippen LogP contribution is -2.38. The molecule has 12 heteroatoms. The van der Waals surface area contributed by atoms with Crippen LogP contribution in [0.4, 0.5) is 5.13 Å². The number of carbonyl (C=O) groups is 1. The average molecular weight is 570 g/mol. The van der Waals surface area contributed by atoms with Crippen molar-refractivity contribution >= 4 is 53.5 Å². The predicted octanol–water partition coefficient (Wildman–Crippen LogP) is 3.54. The van der Waals surface area contributed by atoms with Crippen molar-refractivity contribution in [3.05, 3.63) is 48.2 Å². The predicted molar refractivity (Wildman–Crippen MR) is 151 cm³/mol. The van der Waals surface area contributed by atoms with E-state index in [1.54, 1.807) is 18.2 Å². The standard InChI is InChI=1S/C27H31N5O5S2/c1-30-9-6-19-16-24(37-15-12-31-10-13-36-14-11-31)21(18-23(19)30)26(33)29-27-28-22-5-4-20(17-25(22)38-27)39(34,35)32-7-2-3-8-32/h4-6,9,16-18H,2-3,7-8,10-15H2,1H3,(H,28,29,33). The van der Waals surface area contributed by atoms with E-state index in [-0.39, 0.29) is 10.8 Å². The van der Waals surface area contributed by atoms with Crippen molar-refractivity contribution in [2.45, 2.75) is 17.7 Å². The van der Waals surface area contributed by atoms with Crippen LogP contribution in [-0.2, 0) is 21.8 Å². The Balaban J connectivity index is 1.23. The highest BCUT2D eigenvalue weighted by Crippen LogP contribution is 2.32. The van der Waals surface area contributed by atoms with Crippen LogP contribution in [0.5, 0.6) is 5.75 Å². The van der Waals surface area contributed by atoms with Gasteiger partial charge in [0.15, 0.2) is 5.13 Å². The molecule has 10 nitrogen and oxygen atoms in total. The van der Waals surface area contributed by atoms with E-state index in [2.05, 4.69) is 15.2 Å². The van der Waals surface area contributed by atoms with E-state index < -0.39 is 10.0 Å². The van der Waals surface area contributed by atoms with Crippen molar-refractivity contribution in [2.24, 2.45) is 7.05 Å². The number of anilines is 1. The Kier molecular flexibility index (Phi) is 7.29. The number of benzene rings is 2. The maximum Gasteiger partial charge on any atom is 0.261 e. The van der Waals surface area contributed by atoms with E-state index >= 15 is 0 Å². The van der Waals surface area contributed by atoms with Gasteiger partial charge in [-0.3, -0.25) is 15.0 Å². The van der Waals surface area contributed by atoms with E-state index in [0.29, 0.717) is 46.4 Å². The smallest absolute Gasteiger partial charge is 0.261 e. The molecule has 2 aliphatic rings. The minimum Gasteiger partial charge on any atom is -0.491 e. The van der Waals surface area contributed by atoms with Gasteiger partial charge in [-0.05, 0) is 49.2 Å². The maximum absolute atomic E-state index is 13.5. The number of aromatic nitrogens is 2. The molecule has 0 unspecified atom stereocenters. The summed E-state index contributed by atoms with van der Waals surface area (Å²) in [5.41, 5.74) is 1.97. The van der Waals surface area contributed by atoms with Crippen LogP contribution in [0, 0.1) is 0 Å². The molecule has 1 amide bonds. The number of sulfonamides is 1. The summed E-state index contributed by atoms with van der Waals surface area (Å²) in [6.07, 6.45) is 3.71. The second kappa shape index (κ2) is 10.9. The summed E-state index contributed by atoms with van der Waals surface area (Å²) in [5.74, 6) is 0.183. The molecule has 0 saturated carbocycles. The van der Waals surface area contributed by atoms with Crippen molar-refractivity contribution in [1.29, 1.82) is 0 Å². The van der Waals surface area contributed by atoms with Gasteiger partial charge < -0.3 is 14.0 Å².